The van der Waals surface area contributed by atoms with E-state index in [2.05, 4.69) is 10.1 Å². The quantitative estimate of drug-likeness (QED) is 0.412. The van der Waals surface area contributed by atoms with Gasteiger partial charge in [-0.05, 0) is 36.8 Å². The first-order chi connectivity index (χ1) is 12.5. The van der Waals surface area contributed by atoms with E-state index in [4.69, 9.17) is 0 Å². The minimum Gasteiger partial charge on any atom is -0.266 e. The Bertz CT molecular complexity index is 1240. The third-order valence-electron chi connectivity index (χ3n) is 3.86. The fourth-order valence-corrected chi connectivity index (χ4v) is 3.49. The van der Waals surface area contributed by atoms with Gasteiger partial charge >= 0.3 is 0 Å². The second-order valence-corrected chi connectivity index (χ2v) is 6.77. The van der Waals surface area contributed by atoms with E-state index in [0.717, 1.165) is 11.1 Å². The van der Waals surface area contributed by atoms with Gasteiger partial charge in [-0.2, -0.15) is 9.50 Å². The van der Waals surface area contributed by atoms with Crippen molar-refractivity contribution in [2.24, 2.45) is 0 Å². The number of hydrogen-bond donors (Lipinski definition) is 0. The fraction of sp³-hybridized carbons (Fsp3) is 0.0556. The molecular weight excluding hydrogens is 352 g/mol. The number of non-ortho nitro benzene ring substituents is 1. The normalized spacial score (nSPS) is 12.0. The molecule has 0 amide bonds. The zero-order valence-electron chi connectivity index (χ0n) is 13.6. The molecule has 0 N–H and O–H groups in total. The van der Waals surface area contributed by atoms with Crippen molar-refractivity contribution in [3.63, 3.8) is 0 Å². The van der Waals surface area contributed by atoms with Crippen molar-refractivity contribution in [1.29, 1.82) is 0 Å². The van der Waals surface area contributed by atoms with E-state index < -0.39 is 4.92 Å². The van der Waals surface area contributed by atoms with Crippen LogP contribution in [0.2, 0.25) is 0 Å². The van der Waals surface area contributed by atoms with Crippen LogP contribution in [0, 0.1) is 17.0 Å². The zero-order valence-corrected chi connectivity index (χ0v) is 14.4. The van der Waals surface area contributed by atoms with Gasteiger partial charge in [-0.1, -0.05) is 35.1 Å². The summed E-state index contributed by atoms with van der Waals surface area (Å²) >= 11 is 1.24. The van der Waals surface area contributed by atoms with Gasteiger partial charge in [-0.3, -0.25) is 14.9 Å². The van der Waals surface area contributed by atoms with Crippen LogP contribution in [0.25, 0.3) is 22.4 Å². The summed E-state index contributed by atoms with van der Waals surface area (Å²) in [6.07, 6.45) is 1.68. The summed E-state index contributed by atoms with van der Waals surface area (Å²) in [6.45, 7) is 1.98. The van der Waals surface area contributed by atoms with Crippen molar-refractivity contribution in [2.75, 3.05) is 0 Å². The van der Waals surface area contributed by atoms with E-state index in [1.807, 2.05) is 31.2 Å². The largest absolute Gasteiger partial charge is 0.291 e. The summed E-state index contributed by atoms with van der Waals surface area (Å²) in [7, 11) is 0. The predicted molar refractivity (Wildman–Crippen MR) is 99.2 cm³/mol. The second-order valence-electron chi connectivity index (χ2n) is 5.76. The molecule has 0 radical (unpaired) electrons. The molecule has 0 spiro atoms. The first-order valence-corrected chi connectivity index (χ1v) is 8.56. The summed E-state index contributed by atoms with van der Waals surface area (Å²) < 4.78 is 1.77. The van der Waals surface area contributed by atoms with Gasteiger partial charge in [0.2, 0.25) is 4.96 Å². The summed E-state index contributed by atoms with van der Waals surface area (Å²) in [5.74, 6) is 0.513. The van der Waals surface area contributed by atoms with Crippen LogP contribution in [0.15, 0.2) is 53.3 Å². The van der Waals surface area contributed by atoms with E-state index >= 15 is 0 Å². The number of aromatic nitrogens is 3. The van der Waals surface area contributed by atoms with Gasteiger partial charge in [0.15, 0.2) is 5.82 Å². The van der Waals surface area contributed by atoms with Gasteiger partial charge in [0.25, 0.3) is 11.2 Å². The number of rotatable bonds is 3. The van der Waals surface area contributed by atoms with Crippen molar-refractivity contribution in [2.45, 2.75) is 6.92 Å². The molecule has 0 bridgehead atoms. The Morgan fingerprint density at radius 3 is 2.62 bits per heavy atom. The Balaban J connectivity index is 1.76. The maximum absolute atomic E-state index is 12.6. The molecule has 0 aliphatic carbocycles. The molecule has 2 aromatic carbocycles. The predicted octanol–water partition coefficient (Wildman–Crippen LogP) is 2.58. The van der Waals surface area contributed by atoms with E-state index in [1.165, 1.54) is 28.0 Å². The first kappa shape index (κ1) is 16.1. The Morgan fingerprint density at radius 1 is 1.19 bits per heavy atom. The van der Waals surface area contributed by atoms with Gasteiger partial charge in [0, 0.05) is 17.7 Å². The van der Waals surface area contributed by atoms with Gasteiger partial charge < -0.3 is 0 Å². The maximum Gasteiger partial charge on any atom is 0.291 e. The second kappa shape index (κ2) is 6.16. The van der Waals surface area contributed by atoms with Gasteiger partial charge in [0.05, 0.1) is 9.46 Å². The molecule has 4 rings (SSSR count). The first-order valence-electron chi connectivity index (χ1n) is 7.74. The zero-order chi connectivity index (χ0) is 18.3. The van der Waals surface area contributed by atoms with E-state index in [0.29, 0.717) is 20.9 Å². The highest BCUT2D eigenvalue weighted by Crippen LogP contribution is 2.18. The summed E-state index contributed by atoms with van der Waals surface area (Å²) in [4.78, 5) is 27.8. The molecule has 8 heteroatoms. The number of benzene rings is 2. The number of nitro benzene ring substituents is 1. The molecule has 7 nitrogen and oxygen atoms in total. The monoisotopic (exact) mass is 364 g/mol. The Hall–Kier alpha value is -3.39. The molecule has 4 aromatic rings. The number of aryl methyl sites for hydroxylation is 1. The van der Waals surface area contributed by atoms with Crippen LogP contribution in [0.5, 0.6) is 0 Å². The standard InChI is InChI=1S/C18H12N4O3S/c1-11-3-2-4-13(9-11)16-19-18-21(20-16)17(23)15(26-18)10-12-5-7-14(8-6-12)22(24)25/h2-10H,1H3. The Labute approximate surface area is 151 Å². The maximum atomic E-state index is 12.6. The van der Waals surface area contributed by atoms with Gasteiger partial charge in [0.1, 0.15) is 0 Å². The highest BCUT2D eigenvalue weighted by Gasteiger charge is 2.12. The SMILES string of the molecule is Cc1cccc(-c2nc3sc(=Cc4ccc([N+](=O)[O-])cc4)c(=O)n3n2)c1. The van der Waals surface area contributed by atoms with Crippen LogP contribution in [-0.2, 0) is 0 Å². The van der Waals surface area contributed by atoms with Crippen LogP contribution in [0.4, 0.5) is 5.69 Å². The molecule has 0 atom stereocenters. The summed E-state index contributed by atoms with van der Waals surface area (Å²) in [5, 5.41) is 15.0. The number of thiazole rings is 1. The lowest BCUT2D eigenvalue weighted by Crippen LogP contribution is -2.23. The number of nitrogens with zero attached hydrogens (tertiary/aromatic N) is 4. The van der Waals surface area contributed by atoms with Crippen molar-refractivity contribution in [1.82, 2.24) is 14.6 Å². The van der Waals surface area contributed by atoms with Crippen LogP contribution >= 0.6 is 11.3 Å². The minimum absolute atomic E-state index is 0.00921. The van der Waals surface area contributed by atoms with Crippen LogP contribution in [0.1, 0.15) is 11.1 Å². The lowest BCUT2D eigenvalue weighted by Gasteiger charge is -1.95. The topological polar surface area (TPSA) is 90.4 Å². The highest BCUT2D eigenvalue weighted by atomic mass is 32.1. The average Bonchev–Trinajstić information content (AvgIpc) is 3.16. The molecule has 2 aromatic heterocycles. The van der Waals surface area contributed by atoms with E-state index in [1.54, 1.807) is 18.2 Å². The van der Waals surface area contributed by atoms with Crippen molar-refractivity contribution in [3.8, 4) is 11.4 Å². The average molecular weight is 364 g/mol. The fourth-order valence-electron chi connectivity index (χ4n) is 2.58. The van der Waals surface area contributed by atoms with Crippen molar-refractivity contribution >= 4 is 28.1 Å². The Morgan fingerprint density at radius 2 is 1.96 bits per heavy atom. The van der Waals surface area contributed by atoms with Crippen LogP contribution < -0.4 is 10.1 Å². The van der Waals surface area contributed by atoms with E-state index in [-0.39, 0.29) is 11.2 Å². The van der Waals surface area contributed by atoms with Crippen molar-refractivity contribution < 1.29 is 4.92 Å². The molecule has 0 saturated heterocycles. The number of fused-ring (bicyclic) bond motifs is 1. The minimum atomic E-state index is -0.460. The number of hydrogen-bond acceptors (Lipinski definition) is 6. The Kier molecular flexibility index (Phi) is 3.81. The third-order valence-corrected chi connectivity index (χ3v) is 4.82. The lowest BCUT2D eigenvalue weighted by atomic mass is 10.1. The highest BCUT2D eigenvalue weighted by molar-refractivity contribution is 7.15. The summed E-state index contributed by atoms with van der Waals surface area (Å²) in [5.41, 5.74) is 2.41. The molecule has 0 unspecified atom stereocenters. The number of nitro groups is 1. The molecule has 0 saturated carbocycles. The molecule has 0 aliphatic heterocycles. The van der Waals surface area contributed by atoms with Crippen LogP contribution in [0.3, 0.4) is 0 Å². The van der Waals surface area contributed by atoms with Crippen LogP contribution in [-0.4, -0.2) is 19.5 Å². The molecule has 0 aliphatic rings. The van der Waals surface area contributed by atoms with Crippen molar-refractivity contribution in [3.05, 3.63) is 84.7 Å². The summed E-state index contributed by atoms with van der Waals surface area (Å²) in [6, 6.07) is 13.8. The van der Waals surface area contributed by atoms with Gasteiger partial charge in [-0.25, -0.2) is 0 Å². The third kappa shape index (κ3) is 2.86. The lowest BCUT2D eigenvalue weighted by molar-refractivity contribution is -0.384. The molecule has 2 heterocycles. The van der Waals surface area contributed by atoms with Gasteiger partial charge in [-0.15, -0.1) is 5.10 Å². The molecule has 128 valence electrons. The molecular formula is C18H12N4O3S. The molecule has 0 fully saturated rings. The molecule has 26 heavy (non-hydrogen) atoms. The smallest absolute Gasteiger partial charge is 0.266 e. The van der Waals surface area contributed by atoms with E-state index in [9.17, 15) is 14.9 Å².